The Kier molecular flexibility index (Phi) is 9.91. The van der Waals surface area contributed by atoms with Crippen molar-refractivity contribution in [3.8, 4) is 17.2 Å². The van der Waals surface area contributed by atoms with Gasteiger partial charge in [0.15, 0.2) is 17.5 Å². The molecule has 0 atom stereocenters. The highest BCUT2D eigenvalue weighted by atomic mass is 16.6. The van der Waals surface area contributed by atoms with Crippen LogP contribution in [-0.2, 0) is 11.3 Å². The van der Waals surface area contributed by atoms with Crippen LogP contribution in [0.3, 0.4) is 0 Å². The van der Waals surface area contributed by atoms with Crippen molar-refractivity contribution in [3.63, 3.8) is 0 Å². The lowest BCUT2D eigenvalue weighted by molar-refractivity contribution is 0.0529. The Hall–Kier alpha value is -2.84. The van der Waals surface area contributed by atoms with Crippen molar-refractivity contribution in [2.24, 2.45) is 4.99 Å². The van der Waals surface area contributed by atoms with Crippen molar-refractivity contribution in [1.29, 1.82) is 0 Å². The number of nitrogens with one attached hydrogen (secondary N) is 3. The first-order valence-electron chi connectivity index (χ1n) is 9.52. The van der Waals surface area contributed by atoms with Crippen molar-refractivity contribution >= 4 is 12.1 Å². The van der Waals surface area contributed by atoms with Crippen LogP contribution in [0.5, 0.6) is 17.2 Å². The van der Waals surface area contributed by atoms with E-state index in [0.29, 0.717) is 49.4 Å². The third-order valence-electron chi connectivity index (χ3n) is 3.62. The number of rotatable bonds is 9. The summed E-state index contributed by atoms with van der Waals surface area (Å²) in [5.41, 5.74) is 0.334. The average molecular weight is 411 g/mol. The van der Waals surface area contributed by atoms with Crippen LogP contribution in [0.1, 0.15) is 33.3 Å². The van der Waals surface area contributed by atoms with Gasteiger partial charge in [-0.1, -0.05) is 0 Å². The Morgan fingerprint density at radius 2 is 1.62 bits per heavy atom. The summed E-state index contributed by atoms with van der Waals surface area (Å²) in [6, 6.07) is 3.70. The van der Waals surface area contributed by atoms with Gasteiger partial charge in [-0.3, -0.25) is 0 Å². The van der Waals surface area contributed by atoms with Gasteiger partial charge < -0.3 is 34.9 Å². The van der Waals surface area contributed by atoms with Crippen LogP contribution >= 0.6 is 0 Å². The normalized spacial score (nSPS) is 11.5. The highest BCUT2D eigenvalue weighted by molar-refractivity contribution is 5.80. The van der Waals surface area contributed by atoms with Crippen LogP contribution in [-0.4, -0.2) is 58.6 Å². The summed E-state index contributed by atoms with van der Waals surface area (Å²) in [5.74, 6) is 2.32. The van der Waals surface area contributed by atoms with E-state index in [-0.39, 0.29) is 0 Å². The van der Waals surface area contributed by atoms with E-state index < -0.39 is 11.7 Å². The average Bonchev–Trinajstić information content (AvgIpc) is 2.66. The monoisotopic (exact) mass is 410 g/mol. The van der Waals surface area contributed by atoms with E-state index in [9.17, 15) is 4.79 Å². The van der Waals surface area contributed by atoms with Gasteiger partial charge in [-0.05, 0) is 39.8 Å². The highest BCUT2D eigenvalue weighted by Gasteiger charge is 2.16. The molecular formula is C20H34N4O5. The Labute approximate surface area is 173 Å². The molecule has 9 heteroatoms. The molecule has 164 valence electrons. The van der Waals surface area contributed by atoms with Gasteiger partial charge in [-0.15, -0.1) is 0 Å². The number of ether oxygens (including phenoxy) is 4. The number of amides is 1. The number of aliphatic imine (C=N–C) groups is 1. The Morgan fingerprint density at radius 1 is 0.966 bits per heavy atom. The molecule has 3 N–H and O–H groups in total. The molecule has 1 rings (SSSR count). The van der Waals surface area contributed by atoms with Crippen LogP contribution in [0.15, 0.2) is 17.1 Å². The molecule has 0 heterocycles. The number of carbonyl (C=O) groups is 1. The van der Waals surface area contributed by atoms with Crippen LogP contribution in [0, 0.1) is 0 Å². The summed E-state index contributed by atoms with van der Waals surface area (Å²) in [4.78, 5) is 16.3. The zero-order chi connectivity index (χ0) is 21.9. The number of nitrogens with zero attached hydrogens (tertiary/aromatic N) is 1. The summed E-state index contributed by atoms with van der Waals surface area (Å²) < 4.78 is 21.4. The highest BCUT2D eigenvalue weighted by Crippen LogP contribution is 2.39. The topological polar surface area (TPSA) is 102 Å². The molecule has 1 aromatic carbocycles. The molecule has 9 nitrogen and oxygen atoms in total. The molecular weight excluding hydrogens is 376 g/mol. The smallest absolute Gasteiger partial charge is 0.407 e. The molecule has 1 amide bonds. The van der Waals surface area contributed by atoms with E-state index in [1.54, 1.807) is 21.3 Å². The molecule has 0 aromatic heterocycles. The fraction of sp³-hybridized carbons (Fsp3) is 0.600. The van der Waals surface area contributed by atoms with Crippen molar-refractivity contribution in [3.05, 3.63) is 17.7 Å². The number of carbonyl (C=O) groups excluding carboxylic acids is 1. The van der Waals surface area contributed by atoms with E-state index in [2.05, 4.69) is 20.9 Å². The third-order valence-corrected chi connectivity index (χ3v) is 3.62. The van der Waals surface area contributed by atoms with Crippen molar-refractivity contribution in [2.45, 2.75) is 39.8 Å². The minimum absolute atomic E-state index is 0.373. The summed E-state index contributed by atoms with van der Waals surface area (Å²) in [5, 5.41) is 9.04. The number of methoxy groups -OCH3 is 3. The van der Waals surface area contributed by atoms with Crippen molar-refractivity contribution in [2.75, 3.05) is 41.0 Å². The van der Waals surface area contributed by atoms with Gasteiger partial charge in [0.1, 0.15) is 5.60 Å². The first-order valence-corrected chi connectivity index (χ1v) is 9.52. The second kappa shape index (κ2) is 11.9. The number of hydrogen-bond donors (Lipinski definition) is 3. The summed E-state index contributed by atoms with van der Waals surface area (Å²) in [6.07, 6.45) is -0.448. The summed E-state index contributed by atoms with van der Waals surface area (Å²) in [7, 11) is 4.72. The second-order valence-corrected chi connectivity index (χ2v) is 7.04. The molecule has 0 aliphatic carbocycles. The molecule has 29 heavy (non-hydrogen) atoms. The standard InChI is InChI=1S/C20H34N4O5/c1-8-21-18(22-11-12-23-19(25)29-20(2,3)4)24-13-14-9-10-15(26-5)17(28-7)16(14)27-6/h9-10H,8,11-13H2,1-7H3,(H,23,25)(H2,21,22,24). The molecule has 1 aromatic rings. The molecule has 0 aliphatic heterocycles. The lowest BCUT2D eigenvalue weighted by Gasteiger charge is -2.20. The molecule has 0 aliphatic rings. The minimum atomic E-state index is -0.521. The Balaban J connectivity index is 2.72. The Morgan fingerprint density at radius 3 is 2.17 bits per heavy atom. The number of alkyl carbamates (subject to hydrolysis) is 1. The van der Waals surface area contributed by atoms with Crippen LogP contribution in [0.25, 0.3) is 0 Å². The van der Waals surface area contributed by atoms with Gasteiger partial charge in [0.2, 0.25) is 5.75 Å². The zero-order valence-electron chi connectivity index (χ0n) is 18.5. The fourth-order valence-corrected chi connectivity index (χ4v) is 2.45. The predicted octanol–water partition coefficient (Wildman–Crippen LogP) is 2.29. The third kappa shape index (κ3) is 8.37. The van der Waals surface area contributed by atoms with Gasteiger partial charge in [-0.25, -0.2) is 9.79 Å². The maximum Gasteiger partial charge on any atom is 0.407 e. The van der Waals surface area contributed by atoms with E-state index in [4.69, 9.17) is 18.9 Å². The first kappa shape index (κ1) is 24.2. The fourth-order valence-electron chi connectivity index (χ4n) is 2.45. The number of benzene rings is 1. The minimum Gasteiger partial charge on any atom is -0.493 e. The molecule has 0 fully saturated rings. The summed E-state index contributed by atoms with van der Waals surface area (Å²) in [6.45, 7) is 9.42. The van der Waals surface area contributed by atoms with Gasteiger partial charge in [0.25, 0.3) is 0 Å². The van der Waals surface area contributed by atoms with Gasteiger partial charge in [-0.2, -0.15) is 0 Å². The van der Waals surface area contributed by atoms with Gasteiger partial charge >= 0.3 is 6.09 Å². The van der Waals surface area contributed by atoms with E-state index in [0.717, 1.165) is 5.56 Å². The van der Waals surface area contributed by atoms with Crippen LogP contribution in [0.4, 0.5) is 4.79 Å². The van der Waals surface area contributed by atoms with Crippen molar-refractivity contribution < 1.29 is 23.7 Å². The molecule has 0 saturated carbocycles. The SMILES string of the molecule is CCNC(=NCc1ccc(OC)c(OC)c1OC)NCCNC(=O)OC(C)(C)C. The Bertz CT molecular complexity index is 686. The molecule has 0 radical (unpaired) electrons. The largest absolute Gasteiger partial charge is 0.493 e. The molecule has 0 spiro atoms. The van der Waals surface area contributed by atoms with Gasteiger partial charge in [0, 0.05) is 25.2 Å². The maximum atomic E-state index is 11.7. The predicted molar refractivity (Wildman–Crippen MR) is 113 cm³/mol. The lowest BCUT2D eigenvalue weighted by atomic mass is 10.1. The second-order valence-electron chi connectivity index (χ2n) is 7.04. The molecule has 0 saturated heterocycles. The lowest BCUT2D eigenvalue weighted by Crippen LogP contribution is -2.42. The van der Waals surface area contributed by atoms with E-state index >= 15 is 0 Å². The maximum absolute atomic E-state index is 11.7. The number of guanidine groups is 1. The van der Waals surface area contributed by atoms with Crippen LogP contribution in [0.2, 0.25) is 0 Å². The quantitative estimate of drug-likeness (QED) is 0.326. The van der Waals surface area contributed by atoms with Crippen LogP contribution < -0.4 is 30.2 Å². The summed E-state index contributed by atoms with van der Waals surface area (Å²) >= 11 is 0. The molecule has 0 unspecified atom stereocenters. The molecule has 0 bridgehead atoms. The van der Waals surface area contributed by atoms with E-state index in [1.807, 2.05) is 39.8 Å². The van der Waals surface area contributed by atoms with Gasteiger partial charge in [0.05, 0.1) is 27.9 Å². The first-order chi connectivity index (χ1) is 13.8. The number of hydrogen-bond acceptors (Lipinski definition) is 6. The zero-order valence-corrected chi connectivity index (χ0v) is 18.5. The van der Waals surface area contributed by atoms with E-state index in [1.165, 1.54) is 0 Å². The van der Waals surface area contributed by atoms with Crippen molar-refractivity contribution in [1.82, 2.24) is 16.0 Å².